The highest BCUT2D eigenvalue weighted by molar-refractivity contribution is 5.83. The van der Waals surface area contributed by atoms with Gasteiger partial charge >= 0.3 is 11.9 Å². The fraction of sp³-hybridized carbons (Fsp3) is 0.800. The summed E-state index contributed by atoms with van der Waals surface area (Å²) in [6.45, 7) is 4.84. The molecule has 2 unspecified atom stereocenters. The van der Waals surface area contributed by atoms with E-state index in [2.05, 4.69) is 55.6 Å². The number of ether oxygens (including phenoxy) is 1. The number of allylic oxidation sites excluding steroid dienone is 6. The fourth-order valence-corrected chi connectivity index (χ4v) is 6.47. The minimum atomic E-state index is -1.01. The molecule has 0 aliphatic rings. The van der Waals surface area contributed by atoms with E-state index >= 15 is 0 Å². The lowest BCUT2D eigenvalue weighted by Gasteiger charge is -2.18. The Bertz CT molecular complexity index is 915. The van der Waals surface area contributed by atoms with E-state index in [1.165, 1.54) is 77.0 Å². The van der Waals surface area contributed by atoms with Crippen LogP contribution in [0.2, 0.25) is 0 Å². The quantitative estimate of drug-likeness (QED) is 0.0329. The minimum absolute atomic E-state index is 0.000843. The highest BCUT2D eigenvalue weighted by Crippen LogP contribution is 2.19. The Labute approximate surface area is 320 Å². The smallest absolute Gasteiger partial charge is 0.326 e. The maximum Gasteiger partial charge on any atom is 0.326 e. The standard InChI is InChI=1S/C45H82N2O5/c1-3-5-7-9-11-13-15-17-19-21-23-26-30-35-41(36-31-27-25-28-32-38-43(48)47-42(45(50)51)37-34-40-46)52-44(49)39-33-29-24-22-20-18-16-14-12-10-8-6-4-2/h6,8,12,14,18,20,41-42H,3-5,7,9-11,13,15-17,19,21-40,46H2,1-2H3,(H,47,48)(H,50,51)/b8-6-,14-12-,20-18-. The molecule has 302 valence electrons. The zero-order valence-corrected chi connectivity index (χ0v) is 33.9. The maximum absolute atomic E-state index is 12.8. The van der Waals surface area contributed by atoms with E-state index in [9.17, 15) is 19.5 Å². The molecule has 52 heavy (non-hydrogen) atoms. The second-order valence-corrected chi connectivity index (χ2v) is 14.7. The molecule has 0 aromatic carbocycles. The molecule has 0 saturated carbocycles. The van der Waals surface area contributed by atoms with E-state index < -0.39 is 12.0 Å². The Balaban J connectivity index is 4.37. The van der Waals surface area contributed by atoms with E-state index in [0.717, 1.165) is 96.3 Å². The number of nitrogens with two attached hydrogens (primary N) is 1. The van der Waals surface area contributed by atoms with Crippen LogP contribution in [0.1, 0.15) is 213 Å². The molecule has 0 rings (SSSR count). The van der Waals surface area contributed by atoms with Gasteiger partial charge in [0, 0.05) is 12.8 Å². The van der Waals surface area contributed by atoms with Crippen LogP contribution in [-0.4, -0.2) is 41.6 Å². The molecule has 0 aliphatic heterocycles. The lowest BCUT2D eigenvalue weighted by molar-refractivity contribution is -0.150. The number of esters is 1. The molecule has 0 spiro atoms. The van der Waals surface area contributed by atoms with Gasteiger partial charge in [-0.25, -0.2) is 4.79 Å². The second-order valence-electron chi connectivity index (χ2n) is 14.7. The Hall–Kier alpha value is -2.41. The van der Waals surface area contributed by atoms with E-state index in [0.29, 0.717) is 32.2 Å². The van der Waals surface area contributed by atoms with Crippen molar-refractivity contribution in [1.29, 1.82) is 0 Å². The molecule has 0 bridgehead atoms. The third-order valence-corrected chi connectivity index (χ3v) is 9.72. The third kappa shape index (κ3) is 36.0. The van der Waals surface area contributed by atoms with Crippen LogP contribution >= 0.6 is 0 Å². The number of amides is 1. The number of carboxylic acids is 1. The first-order chi connectivity index (χ1) is 25.4. The van der Waals surface area contributed by atoms with Crippen LogP contribution in [0.3, 0.4) is 0 Å². The predicted octanol–water partition coefficient (Wildman–Crippen LogP) is 12.2. The molecule has 7 nitrogen and oxygen atoms in total. The van der Waals surface area contributed by atoms with Crippen LogP contribution in [-0.2, 0) is 19.1 Å². The van der Waals surface area contributed by atoms with Crippen molar-refractivity contribution < 1.29 is 24.2 Å². The lowest BCUT2D eigenvalue weighted by atomic mass is 10.0. The summed E-state index contributed by atoms with van der Waals surface area (Å²) in [7, 11) is 0. The van der Waals surface area contributed by atoms with Gasteiger partial charge in [-0.1, -0.05) is 153 Å². The number of carbonyl (C=O) groups is 3. The van der Waals surface area contributed by atoms with Crippen LogP contribution in [0.25, 0.3) is 0 Å². The topological polar surface area (TPSA) is 119 Å². The average Bonchev–Trinajstić information content (AvgIpc) is 3.13. The van der Waals surface area contributed by atoms with Gasteiger partial charge in [-0.15, -0.1) is 0 Å². The van der Waals surface area contributed by atoms with Gasteiger partial charge in [0.05, 0.1) is 0 Å². The van der Waals surface area contributed by atoms with Crippen molar-refractivity contribution in [2.24, 2.45) is 5.73 Å². The highest BCUT2D eigenvalue weighted by Gasteiger charge is 2.19. The largest absolute Gasteiger partial charge is 0.480 e. The summed E-state index contributed by atoms with van der Waals surface area (Å²) in [6.07, 6.45) is 46.1. The minimum Gasteiger partial charge on any atom is -0.480 e. The molecular formula is C45H82N2O5. The maximum atomic E-state index is 12.8. The number of hydrogen-bond donors (Lipinski definition) is 3. The van der Waals surface area contributed by atoms with E-state index in [4.69, 9.17) is 10.5 Å². The summed E-state index contributed by atoms with van der Waals surface area (Å²) in [5, 5.41) is 11.9. The number of carboxylic acid groups (broad SMARTS) is 1. The molecule has 0 aromatic rings. The Morgan fingerprint density at radius 3 is 1.60 bits per heavy atom. The highest BCUT2D eigenvalue weighted by atomic mass is 16.5. The van der Waals surface area contributed by atoms with Crippen molar-refractivity contribution in [2.45, 2.75) is 225 Å². The molecule has 7 heteroatoms. The van der Waals surface area contributed by atoms with Crippen LogP contribution in [0, 0.1) is 0 Å². The zero-order chi connectivity index (χ0) is 38.2. The number of hydrogen-bond acceptors (Lipinski definition) is 5. The Morgan fingerprint density at radius 1 is 0.577 bits per heavy atom. The summed E-state index contributed by atoms with van der Waals surface area (Å²) in [5.74, 6) is -1.26. The van der Waals surface area contributed by atoms with Gasteiger partial charge in [0.2, 0.25) is 5.91 Å². The van der Waals surface area contributed by atoms with Gasteiger partial charge in [-0.2, -0.15) is 0 Å². The second kappa shape index (κ2) is 39.8. The first-order valence-corrected chi connectivity index (χ1v) is 21.8. The van der Waals surface area contributed by atoms with Crippen molar-refractivity contribution in [3.05, 3.63) is 36.5 Å². The van der Waals surface area contributed by atoms with Gasteiger partial charge in [-0.3, -0.25) is 9.59 Å². The van der Waals surface area contributed by atoms with Crippen LogP contribution in [0.5, 0.6) is 0 Å². The average molecular weight is 731 g/mol. The molecular weight excluding hydrogens is 649 g/mol. The fourth-order valence-electron chi connectivity index (χ4n) is 6.47. The normalized spacial score (nSPS) is 13.0. The summed E-state index contributed by atoms with van der Waals surface area (Å²) < 4.78 is 6.03. The summed E-state index contributed by atoms with van der Waals surface area (Å²) in [5.41, 5.74) is 5.48. The molecule has 0 fully saturated rings. The molecule has 0 aliphatic carbocycles. The zero-order valence-electron chi connectivity index (χ0n) is 33.9. The van der Waals surface area contributed by atoms with Crippen molar-refractivity contribution in [3.8, 4) is 0 Å². The molecule has 0 radical (unpaired) electrons. The van der Waals surface area contributed by atoms with E-state index in [1.807, 2.05) is 0 Å². The number of rotatable bonds is 39. The predicted molar refractivity (Wildman–Crippen MR) is 220 cm³/mol. The van der Waals surface area contributed by atoms with Gasteiger partial charge in [-0.05, 0) is 90.0 Å². The van der Waals surface area contributed by atoms with E-state index in [-0.39, 0.29) is 18.0 Å². The van der Waals surface area contributed by atoms with Crippen molar-refractivity contribution >= 4 is 17.8 Å². The SMILES string of the molecule is CC/C=C\C/C=C\C/C=C\CCCCCC(=O)OC(CCCCCCCCCCCCCCC)CCCCCCCC(=O)NC(CCCN)C(=O)O. The van der Waals surface area contributed by atoms with Crippen molar-refractivity contribution in [1.82, 2.24) is 5.32 Å². The van der Waals surface area contributed by atoms with E-state index in [1.54, 1.807) is 0 Å². The Kier molecular flexibility index (Phi) is 37.9. The lowest BCUT2D eigenvalue weighted by Crippen LogP contribution is -2.40. The molecule has 0 aromatic heterocycles. The van der Waals surface area contributed by atoms with Gasteiger partial charge < -0.3 is 20.9 Å². The van der Waals surface area contributed by atoms with Crippen LogP contribution in [0.4, 0.5) is 0 Å². The van der Waals surface area contributed by atoms with Gasteiger partial charge in [0.25, 0.3) is 0 Å². The van der Waals surface area contributed by atoms with Gasteiger partial charge in [0.15, 0.2) is 0 Å². The van der Waals surface area contributed by atoms with Gasteiger partial charge in [0.1, 0.15) is 12.1 Å². The number of aliphatic carboxylic acids is 1. The summed E-state index contributed by atoms with van der Waals surface area (Å²) >= 11 is 0. The summed E-state index contributed by atoms with van der Waals surface area (Å²) in [6, 6.07) is -0.858. The van der Waals surface area contributed by atoms with Crippen LogP contribution in [0.15, 0.2) is 36.5 Å². The first-order valence-electron chi connectivity index (χ1n) is 21.8. The number of unbranched alkanes of at least 4 members (excludes halogenated alkanes) is 19. The molecule has 1 amide bonds. The summed E-state index contributed by atoms with van der Waals surface area (Å²) in [4.78, 5) is 36.4. The molecule has 4 N–H and O–H groups in total. The van der Waals surface area contributed by atoms with Crippen LogP contribution < -0.4 is 11.1 Å². The van der Waals surface area contributed by atoms with Crippen molar-refractivity contribution in [2.75, 3.05) is 6.54 Å². The monoisotopic (exact) mass is 731 g/mol. The number of carbonyl (C=O) groups excluding carboxylic acids is 2. The number of nitrogens with one attached hydrogen (secondary N) is 1. The first kappa shape index (κ1) is 49.6. The molecule has 0 saturated heterocycles. The molecule has 2 atom stereocenters. The molecule has 0 heterocycles. The van der Waals surface area contributed by atoms with Crippen molar-refractivity contribution in [3.63, 3.8) is 0 Å². The third-order valence-electron chi connectivity index (χ3n) is 9.72. The Morgan fingerprint density at radius 2 is 1.06 bits per heavy atom.